The normalized spacial score (nSPS) is 26.0. The topological polar surface area (TPSA) is 132 Å². The molecule has 10 nitrogen and oxygen atoms in total. The van der Waals surface area contributed by atoms with Crippen LogP contribution in [-0.2, 0) is 22.7 Å². The molecule has 0 fully saturated rings. The van der Waals surface area contributed by atoms with Crippen LogP contribution >= 0.6 is 0 Å². The number of carbonyl (C=O) groups excluding carboxylic acids is 2. The van der Waals surface area contributed by atoms with E-state index in [4.69, 9.17) is 18.7 Å². The molecule has 10 heteroatoms. The number of ketones is 1. The molecule has 0 saturated heterocycles. The molecule has 1 aromatic heterocycles. The van der Waals surface area contributed by atoms with Crippen LogP contribution in [0.5, 0.6) is 5.88 Å². The summed E-state index contributed by atoms with van der Waals surface area (Å²) in [4.78, 5) is 28.1. The van der Waals surface area contributed by atoms with Gasteiger partial charge in [0.2, 0.25) is 5.78 Å². The molecule has 5 rings (SSSR count). The highest BCUT2D eigenvalue weighted by atomic mass is 16.7. The van der Waals surface area contributed by atoms with Crippen LogP contribution in [0.3, 0.4) is 0 Å². The number of carbonyl (C=O) groups is 2. The standard InChI is InChI=1S/C28H28N2O8/c1-30(2)23-22-19(37-27(33)36-16-18-11-7-4-8-12-18)13-14-20(31)28(22,34)25(32)21-24(23)38-29-26(21)35-15-17-9-5-3-6-10-17/h3-14,19-20,22-23,31,34H,15-16H2,1-2H3/t19-,20+,22-,23-,28+/m0/s1. The Balaban J connectivity index is 1.43. The number of rotatable bonds is 7. The molecule has 2 N–H and O–H groups in total. The molecule has 198 valence electrons. The quantitative estimate of drug-likeness (QED) is 0.354. The van der Waals surface area contributed by atoms with E-state index in [1.165, 1.54) is 12.2 Å². The Morgan fingerprint density at radius 3 is 2.29 bits per heavy atom. The van der Waals surface area contributed by atoms with Crippen molar-refractivity contribution < 1.29 is 38.5 Å². The third kappa shape index (κ3) is 4.58. The van der Waals surface area contributed by atoms with Crippen molar-refractivity contribution in [3.05, 3.63) is 95.3 Å². The summed E-state index contributed by atoms with van der Waals surface area (Å²) in [5, 5.41) is 26.6. The van der Waals surface area contributed by atoms with Crippen LogP contribution in [0.25, 0.3) is 0 Å². The van der Waals surface area contributed by atoms with E-state index in [-0.39, 0.29) is 30.4 Å². The monoisotopic (exact) mass is 520 g/mol. The Morgan fingerprint density at radius 1 is 1.03 bits per heavy atom. The van der Waals surface area contributed by atoms with Gasteiger partial charge in [-0.25, -0.2) is 4.79 Å². The third-order valence-electron chi connectivity index (χ3n) is 6.89. The molecule has 2 aliphatic carbocycles. The van der Waals surface area contributed by atoms with Crippen LogP contribution in [0, 0.1) is 5.92 Å². The Morgan fingerprint density at radius 2 is 1.66 bits per heavy atom. The number of Topliss-reactive ketones (excluding diaryl/α,β-unsaturated/α-hetero) is 1. The van der Waals surface area contributed by atoms with Gasteiger partial charge in [-0.15, -0.1) is 0 Å². The molecular formula is C28H28N2O8. The highest BCUT2D eigenvalue weighted by Crippen LogP contribution is 2.51. The Hall–Kier alpha value is -3.99. The summed E-state index contributed by atoms with van der Waals surface area (Å²) >= 11 is 0. The van der Waals surface area contributed by atoms with E-state index in [9.17, 15) is 19.8 Å². The summed E-state index contributed by atoms with van der Waals surface area (Å²) in [6.45, 7) is 0.0983. The van der Waals surface area contributed by atoms with Crippen molar-refractivity contribution in [3.8, 4) is 5.88 Å². The van der Waals surface area contributed by atoms with Crippen molar-refractivity contribution in [3.63, 3.8) is 0 Å². The molecular weight excluding hydrogens is 492 g/mol. The van der Waals surface area contributed by atoms with Crippen LogP contribution < -0.4 is 4.74 Å². The highest BCUT2D eigenvalue weighted by Gasteiger charge is 2.64. The maximum atomic E-state index is 13.8. The zero-order valence-electron chi connectivity index (χ0n) is 20.9. The van der Waals surface area contributed by atoms with Gasteiger partial charge in [0, 0.05) is 0 Å². The lowest BCUT2D eigenvalue weighted by Gasteiger charge is -2.49. The Labute approximate surface area is 219 Å². The van der Waals surface area contributed by atoms with E-state index < -0.39 is 41.7 Å². The SMILES string of the molecule is CN(C)[C@@H]1c2onc(OCc3ccccc3)c2C(=O)[C@]2(O)[C@H]1[C@@H](OC(=O)OCc1ccccc1)C=C[C@H]2O. The van der Waals surface area contributed by atoms with Crippen molar-refractivity contribution >= 4 is 11.9 Å². The predicted molar refractivity (Wildman–Crippen MR) is 133 cm³/mol. The van der Waals surface area contributed by atoms with Crippen molar-refractivity contribution in [1.82, 2.24) is 10.1 Å². The number of hydrogen-bond acceptors (Lipinski definition) is 10. The van der Waals surface area contributed by atoms with Gasteiger partial charge < -0.3 is 28.9 Å². The van der Waals surface area contributed by atoms with Crippen molar-refractivity contribution in [2.24, 2.45) is 5.92 Å². The van der Waals surface area contributed by atoms with Gasteiger partial charge in [-0.05, 0) is 36.5 Å². The molecule has 0 unspecified atom stereocenters. The summed E-state index contributed by atoms with van der Waals surface area (Å²) in [6, 6.07) is 17.6. The van der Waals surface area contributed by atoms with Gasteiger partial charge in [0.1, 0.15) is 31.0 Å². The van der Waals surface area contributed by atoms with Gasteiger partial charge in [0.25, 0.3) is 5.88 Å². The van der Waals surface area contributed by atoms with Crippen LogP contribution in [0.4, 0.5) is 4.79 Å². The Kier molecular flexibility index (Phi) is 7.02. The second-order valence-electron chi connectivity index (χ2n) is 9.53. The largest absolute Gasteiger partial charge is 0.509 e. The lowest BCUT2D eigenvalue weighted by Crippen LogP contribution is -2.65. The van der Waals surface area contributed by atoms with Gasteiger partial charge in [-0.3, -0.25) is 9.69 Å². The van der Waals surface area contributed by atoms with Crippen LogP contribution in [0.1, 0.15) is 33.3 Å². The van der Waals surface area contributed by atoms with E-state index in [2.05, 4.69) is 5.16 Å². The molecule has 2 aliphatic rings. The zero-order valence-corrected chi connectivity index (χ0v) is 20.9. The average molecular weight is 521 g/mol. The minimum absolute atomic E-state index is 0.0158. The molecule has 5 atom stereocenters. The molecule has 0 aliphatic heterocycles. The van der Waals surface area contributed by atoms with Crippen LogP contribution in [0.2, 0.25) is 0 Å². The molecule has 0 bridgehead atoms. The predicted octanol–water partition coefficient (Wildman–Crippen LogP) is 3.05. The fourth-order valence-electron chi connectivity index (χ4n) is 5.05. The molecule has 2 aromatic carbocycles. The zero-order chi connectivity index (χ0) is 26.9. The van der Waals surface area contributed by atoms with E-state index in [1.807, 2.05) is 48.5 Å². The number of hydrogen-bond donors (Lipinski definition) is 2. The summed E-state index contributed by atoms with van der Waals surface area (Å²) in [6.07, 6.45) is -1.00. The first kappa shape index (κ1) is 25.7. The van der Waals surface area contributed by atoms with Gasteiger partial charge in [-0.2, -0.15) is 0 Å². The first-order valence-electron chi connectivity index (χ1n) is 12.1. The van der Waals surface area contributed by atoms with Gasteiger partial charge in [0.05, 0.1) is 12.0 Å². The van der Waals surface area contributed by atoms with E-state index >= 15 is 0 Å². The fraction of sp³-hybridized carbons (Fsp3) is 0.321. The number of nitrogens with zero attached hydrogens (tertiary/aromatic N) is 2. The van der Waals surface area contributed by atoms with Crippen LogP contribution in [0.15, 0.2) is 77.3 Å². The fourth-order valence-corrected chi connectivity index (χ4v) is 5.05. The van der Waals surface area contributed by atoms with E-state index in [0.29, 0.717) is 0 Å². The minimum Gasteiger partial charge on any atom is -0.470 e. The molecule has 38 heavy (non-hydrogen) atoms. The molecule has 0 radical (unpaired) electrons. The van der Waals surface area contributed by atoms with E-state index in [1.54, 1.807) is 31.1 Å². The highest BCUT2D eigenvalue weighted by molar-refractivity contribution is 6.07. The molecule has 3 aromatic rings. The number of fused-ring (bicyclic) bond motifs is 2. The molecule has 0 saturated carbocycles. The lowest BCUT2D eigenvalue weighted by molar-refractivity contribution is -0.133. The number of benzene rings is 2. The molecule has 0 spiro atoms. The second-order valence-corrected chi connectivity index (χ2v) is 9.53. The van der Waals surface area contributed by atoms with Crippen molar-refractivity contribution in [2.45, 2.75) is 37.1 Å². The van der Waals surface area contributed by atoms with Gasteiger partial charge in [0.15, 0.2) is 11.4 Å². The number of ether oxygens (including phenoxy) is 3. The summed E-state index contributed by atoms with van der Waals surface area (Å²) < 4.78 is 22.2. The maximum Gasteiger partial charge on any atom is 0.509 e. The third-order valence-corrected chi connectivity index (χ3v) is 6.89. The second kappa shape index (κ2) is 10.4. The molecule has 1 heterocycles. The Bertz CT molecular complexity index is 1320. The number of aromatic nitrogens is 1. The van der Waals surface area contributed by atoms with Crippen LogP contribution in [-0.4, -0.2) is 64.1 Å². The summed E-state index contributed by atoms with van der Waals surface area (Å²) in [5.74, 6) is -1.90. The summed E-state index contributed by atoms with van der Waals surface area (Å²) in [5.41, 5.74) is -0.796. The minimum atomic E-state index is -2.35. The van der Waals surface area contributed by atoms with E-state index in [0.717, 1.165) is 11.1 Å². The number of aliphatic hydroxyl groups excluding tert-OH is 1. The van der Waals surface area contributed by atoms with Gasteiger partial charge in [-0.1, -0.05) is 66.7 Å². The molecule has 0 amide bonds. The lowest BCUT2D eigenvalue weighted by atomic mass is 9.63. The average Bonchev–Trinajstić information content (AvgIpc) is 3.34. The summed E-state index contributed by atoms with van der Waals surface area (Å²) in [7, 11) is 3.43. The van der Waals surface area contributed by atoms with Crippen molar-refractivity contribution in [2.75, 3.05) is 14.1 Å². The van der Waals surface area contributed by atoms with Gasteiger partial charge >= 0.3 is 6.16 Å². The smallest absolute Gasteiger partial charge is 0.470 e. The maximum absolute atomic E-state index is 13.8. The van der Waals surface area contributed by atoms with Crippen molar-refractivity contribution in [1.29, 1.82) is 0 Å². The first-order chi connectivity index (χ1) is 18.3. The number of aliphatic hydroxyl groups is 2. The first-order valence-corrected chi connectivity index (χ1v) is 12.1.